The zero-order valence-electron chi connectivity index (χ0n) is 10.6. The number of ether oxygens (including phenoxy) is 1. The van der Waals surface area contributed by atoms with Crippen LogP contribution in [0.1, 0.15) is 10.4 Å². The smallest absolute Gasteiger partial charge is 0.255 e. The third-order valence-corrected chi connectivity index (χ3v) is 3.08. The summed E-state index contributed by atoms with van der Waals surface area (Å²) in [4.78, 5) is 14.0. The Bertz CT molecular complexity index is 444. The molecule has 19 heavy (non-hydrogen) atoms. The maximum atomic E-state index is 11.8. The fourth-order valence-electron chi connectivity index (χ4n) is 1.96. The molecule has 0 radical (unpaired) electrons. The fraction of sp³-hybridized carbons (Fsp3) is 0.462. The van der Waals surface area contributed by atoms with Gasteiger partial charge < -0.3 is 20.3 Å². The lowest BCUT2D eigenvalue weighted by atomic mass is 10.1. The Morgan fingerprint density at radius 3 is 2.79 bits per heavy atom. The van der Waals surface area contributed by atoms with Crippen LogP contribution in [0.25, 0.3) is 0 Å². The van der Waals surface area contributed by atoms with Crippen LogP contribution in [-0.4, -0.2) is 60.4 Å². The van der Waals surface area contributed by atoms with Crippen LogP contribution in [0.4, 0.5) is 0 Å². The molecule has 1 fully saturated rings. The molecular weight excluding hydrogens is 248 g/mol. The van der Waals surface area contributed by atoms with E-state index < -0.39 is 0 Å². The molecule has 0 spiro atoms. The van der Waals surface area contributed by atoms with Gasteiger partial charge in [0.05, 0.1) is 18.8 Å². The van der Waals surface area contributed by atoms with E-state index in [-0.39, 0.29) is 23.0 Å². The molecule has 1 aliphatic heterocycles. The first-order chi connectivity index (χ1) is 9.18. The average molecular weight is 266 g/mol. The van der Waals surface area contributed by atoms with Crippen molar-refractivity contribution in [1.29, 1.82) is 0 Å². The molecule has 0 bridgehead atoms. The molecule has 6 heteroatoms. The molecule has 1 aliphatic rings. The lowest BCUT2D eigenvalue weighted by molar-refractivity contribution is 0.0383. The molecule has 1 saturated heterocycles. The minimum absolute atomic E-state index is 0.0852. The molecule has 0 unspecified atom stereocenters. The van der Waals surface area contributed by atoms with Gasteiger partial charge in [0.2, 0.25) is 0 Å². The molecule has 0 saturated carbocycles. The number of phenolic OH excluding ortho intramolecular Hbond substituents is 2. The highest BCUT2D eigenvalue weighted by atomic mass is 16.5. The van der Waals surface area contributed by atoms with Crippen LogP contribution < -0.4 is 5.32 Å². The first-order valence-electron chi connectivity index (χ1n) is 6.27. The number of hydrogen-bond acceptors (Lipinski definition) is 5. The first-order valence-corrected chi connectivity index (χ1v) is 6.27. The molecule has 1 aromatic rings. The first kappa shape index (κ1) is 13.6. The molecule has 6 nitrogen and oxygen atoms in total. The molecule has 2 rings (SSSR count). The number of benzene rings is 1. The van der Waals surface area contributed by atoms with Crippen LogP contribution in [-0.2, 0) is 4.74 Å². The fourth-order valence-corrected chi connectivity index (χ4v) is 1.96. The maximum Gasteiger partial charge on any atom is 0.255 e. The van der Waals surface area contributed by atoms with Gasteiger partial charge in [-0.05, 0) is 12.1 Å². The number of para-hydroxylation sites is 1. The topological polar surface area (TPSA) is 82.0 Å². The van der Waals surface area contributed by atoms with Crippen LogP contribution in [0.2, 0.25) is 0 Å². The third kappa shape index (κ3) is 3.59. The quantitative estimate of drug-likeness (QED) is 0.676. The van der Waals surface area contributed by atoms with Crippen molar-refractivity contribution in [3.8, 4) is 11.5 Å². The van der Waals surface area contributed by atoms with Crippen molar-refractivity contribution in [3.63, 3.8) is 0 Å². The Balaban J connectivity index is 1.82. The monoisotopic (exact) mass is 266 g/mol. The highest BCUT2D eigenvalue weighted by Crippen LogP contribution is 2.27. The summed E-state index contributed by atoms with van der Waals surface area (Å²) in [6.07, 6.45) is 0. The Morgan fingerprint density at radius 2 is 2.05 bits per heavy atom. The van der Waals surface area contributed by atoms with Gasteiger partial charge in [0.25, 0.3) is 5.91 Å². The zero-order chi connectivity index (χ0) is 13.7. The Labute approximate surface area is 111 Å². The summed E-state index contributed by atoms with van der Waals surface area (Å²) in [5.74, 6) is -1.06. The van der Waals surface area contributed by atoms with Crippen LogP contribution >= 0.6 is 0 Å². The van der Waals surface area contributed by atoms with Gasteiger partial charge in [0.1, 0.15) is 0 Å². The second kappa shape index (κ2) is 6.40. The molecule has 0 aliphatic carbocycles. The van der Waals surface area contributed by atoms with Crippen LogP contribution in [0, 0.1) is 0 Å². The van der Waals surface area contributed by atoms with E-state index in [4.69, 9.17) is 4.74 Å². The number of carbonyl (C=O) groups is 1. The predicted octanol–water partition coefficient (Wildman–Crippen LogP) is 0.160. The molecule has 1 heterocycles. The molecule has 3 N–H and O–H groups in total. The number of nitrogens with one attached hydrogen (secondary N) is 1. The SMILES string of the molecule is O=C(NCCN1CCOCC1)c1cccc(O)c1O. The van der Waals surface area contributed by atoms with Crippen molar-refractivity contribution in [3.05, 3.63) is 23.8 Å². The van der Waals surface area contributed by atoms with Crippen molar-refractivity contribution in [1.82, 2.24) is 10.2 Å². The van der Waals surface area contributed by atoms with E-state index in [0.717, 1.165) is 32.8 Å². The highest BCUT2D eigenvalue weighted by molar-refractivity contribution is 5.97. The van der Waals surface area contributed by atoms with Gasteiger partial charge in [-0.1, -0.05) is 6.07 Å². The summed E-state index contributed by atoms with van der Waals surface area (Å²) in [6, 6.07) is 4.32. The number of carbonyl (C=O) groups excluding carboxylic acids is 1. The van der Waals surface area contributed by atoms with E-state index in [9.17, 15) is 15.0 Å². The molecule has 1 amide bonds. The zero-order valence-corrected chi connectivity index (χ0v) is 10.6. The summed E-state index contributed by atoms with van der Waals surface area (Å²) in [7, 11) is 0. The Hall–Kier alpha value is -1.79. The van der Waals surface area contributed by atoms with Crippen molar-refractivity contribution >= 4 is 5.91 Å². The van der Waals surface area contributed by atoms with Gasteiger partial charge >= 0.3 is 0 Å². The van der Waals surface area contributed by atoms with Gasteiger partial charge in [0, 0.05) is 26.2 Å². The molecule has 0 aromatic heterocycles. The van der Waals surface area contributed by atoms with Crippen molar-refractivity contribution in [2.45, 2.75) is 0 Å². The lowest BCUT2D eigenvalue weighted by Crippen LogP contribution is -2.41. The van der Waals surface area contributed by atoms with Gasteiger partial charge in [-0.3, -0.25) is 9.69 Å². The summed E-state index contributed by atoms with van der Waals surface area (Å²) in [5.41, 5.74) is 0.0852. The number of morpholine rings is 1. The summed E-state index contributed by atoms with van der Waals surface area (Å²) in [5, 5.41) is 21.6. The van der Waals surface area contributed by atoms with Crippen molar-refractivity contribution < 1.29 is 19.7 Å². The van der Waals surface area contributed by atoms with Crippen LogP contribution in [0.15, 0.2) is 18.2 Å². The minimum Gasteiger partial charge on any atom is -0.504 e. The van der Waals surface area contributed by atoms with Crippen molar-refractivity contribution in [2.24, 2.45) is 0 Å². The van der Waals surface area contributed by atoms with Gasteiger partial charge in [-0.15, -0.1) is 0 Å². The van der Waals surface area contributed by atoms with E-state index in [0.29, 0.717) is 6.54 Å². The second-order valence-electron chi connectivity index (χ2n) is 4.38. The molecular formula is C13H18N2O4. The number of nitrogens with zero attached hydrogens (tertiary/aromatic N) is 1. The summed E-state index contributed by atoms with van der Waals surface area (Å²) in [6.45, 7) is 4.42. The van der Waals surface area contributed by atoms with Crippen LogP contribution in [0.5, 0.6) is 11.5 Å². The Kier molecular flexibility index (Phi) is 4.59. The minimum atomic E-state index is -0.387. The Morgan fingerprint density at radius 1 is 1.32 bits per heavy atom. The predicted molar refractivity (Wildman–Crippen MR) is 69.4 cm³/mol. The summed E-state index contributed by atoms with van der Waals surface area (Å²) < 4.78 is 5.24. The van der Waals surface area contributed by atoms with E-state index in [2.05, 4.69) is 10.2 Å². The van der Waals surface area contributed by atoms with E-state index >= 15 is 0 Å². The average Bonchev–Trinajstić information content (AvgIpc) is 2.43. The largest absolute Gasteiger partial charge is 0.504 e. The third-order valence-electron chi connectivity index (χ3n) is 3.08. The summed E-state index contributed by atoms with van der Waals surface area (Å²) >= 11 is 0. The van der Waals surface area contributed by atoms with E-state index in [1.54, 1.807) is 0 Å². The molecule has 104 valence electrons. The van der Waals surface area contributed by atoms with E-state index in [1.807, 2.05) is 0 Å². The number of aromatic hydroxyl groups is 2. The van der Waals surface area contributed by atoms with Gasteiger partial charge in [-0.2, -0.15) is 0 Å². The maximum absolute atomic E-state index is 11.8. The molecule has 0 atom stereocenters. The number of rotatable bonds is 4. The molecule has 1 aromatic carbocycles. The number of amides is 1. The van der Waals surface area contributed by atoms with E-state index in [1.165, 1.54) is 18.2 Å². The van der Waals surface area contributed by atoms with Crippen LogP contribution in [0.3, 0.4) is 0 Å². The number of hydrogen-bond donors (Lipinski definition) is 3. The van der Waals surface area contributed by atoms with Gasteiger partial charge in [-0.25, -0.2) is 0 Å². The lowest BCUT2D eigenvalue weighted by Gasteiger charge is -2.26. The highest BCUT2D eigenvalue weighted by Gasteiger charge is 2.14. The van der Waals surface area contributed by atoms with Gasteiger partial charge in [0.15, 0.2) is 11.5 Å². The standard InChI is InChI=1S/C13H18N2O4/c16-11-3-1-2-10(12(11)17)13(18)14-4-5-15-6-8-19-9-7-15/h1-3,16-17H,4-9H2,(H,14,18). The van der Waals surface area contributed by atoms with Crippen molar-refractivity contribution in [2.75, 3.05) is 39.4 Å². The normalized spacial score (nSPS) is 16.2. The second-order valence-corrected chi connectivity index (χ2v) is 4.38. The number of phenols is 2.